The Morgan fingerprint density at radius 2 is 1.94 bits per heavy atom. The van der Waals surface area contributed by atoms with Crippen molar-refractivity contribution in [1.82, 2.24) is 4.90 Å². The van der Waals surface area contributed by atoms with Crippen LogP contribution in [0.2, 0.25) is 10.0 Å². The quantitative estimate of drug-likeness (QED) is 0.884. The first kappa shape index (κ1) is 11.7. The van der Waals surface area contributed by atoms with Crippen LogP contribution in [0.5, 0.6) is 0 Å². The van der Waals surface area contributed by atoms with Gasteiger partial charge in [0, 0.05) is 25.6 Å². The lowest BCUT2D eigenvalue weighted by molar-refractivity contribution is 0.0362. The Morgan fingerprint density at radius 3 is 2.44 bits per heavy atom. The van der Waals surface area contributed by atoms with Gasteiger partial charge in [0.15, 0.2) is 0 Å². The highest BCUT2D eigenvalue weighted by atomic mass is 35.5. The van der Waals surface area contributed by atoms with Crippen LogP contribution in [-0.2, 0) is 0 Å². The highest BCUT2D eigenvalue weighted by molar-refractivity contribution is 6.39. The molecule has 3 nitrogen and oxygen atoms in total. The fourth-order valence-electron chi connectivity index (χ4n) is 1.71. The Hall–Kier alpha value is -0.770. The number of benzene rings is 1. The first-order valence-corrected chi connectivity index (χ1v) is 5.73. The van der Waals surface area contributed by atoms with Crippen LogP contribution in [0.3, 0.4) is 0 Å². The number of nitrogens with zero attached hydrogens (tertiary/aromatic N) is 1. The van der Waals surface area contributed by atoms with E-state index in [1.165, 1.54) is 0 Å². The molecule has 86 valence electrons. The molecule has 1 fully saturated rings. The molecule has 1 saturated heterocycles. The van der Waals surface area contributed by atoms with Gasteiger partial charge in [0.05, 0.1) is 15.6 Å². The maximum absolute atomic E-state index is 12.0. The number of carbonyl (C=O) groups excluding carboxylic acids is 1. The first-order valence-electron chi connectivity index (χ1n) is 4.97. The summed E-state index contributed by atoms with van der Waals surface area (Å²) >= 11 is 11.9. The van der Waals surface area contributed by atoms with E-state index in [2.05, 4.69) is 0 Å². The average molecular weight is 260 g/mol. The summed E-state index contributed by atoms with van der Waals surface area (Å²) in [5, 5.41) is 9.61. The van der Waals surface area contributed by atoms with Crippen LogP contribution in [0, 0.1) is 5.92 Å². The van der Waals surface area contributed by atoms with Crippen molar-refractivity contribution in [2.75, 3.05) is 19.7 Å². The van der Waals surface area contributed by atoms with Gasteiger partial charge >= 0.3 is 0 Å². The molecule has 0 saturated carbocycles. The maximum Gasteiger partial charge on any atom is 0.256 e. The molecule has 0 atom stereocenters. The lowest BCUT2D eigenvalue weighted by Gasteiger charge is -2.38. The highest BCUT2D eigenvalue weighted by Crippen LogP contribution is 2.28. The maximum atomic E-state index is 12.0. The molecule has 0 aliphatic carbocycles. The Balaban J connectivity index is 2.16. The van der Waals surface area contributed by atoms with Gasteiger partial charge in [-0.3, -0.25) is 4.79 Å². The van der Waals surface area contributed by atoms with Crippen molar-refractivity contribution in [2.45, 2.75) is 0 Å². The SMILES string of the molecule is O=C(c1c(Cl)cccc1Cl)N1CC(CO)C1. The van der Waals surface area contributed by atoms with E-state index in [1.807, 2.05) is 0 Å². The van der Waals surface area contributed by atoms with Crippen molar-refractivity contribution in [3.63, 3.8) is 0 Å². The number of hydrogen-bond acceptors (Lipinski definition) is 2. The minimum atomic E-state index is -0.166. The van der Waals surface area contributed by atoms with E-state index < -0.39 is 0 Å². The average Bonchev–Trinajstić information content (AvgIpc) is 2.15. The van der Waals surface area contributed by atoms with E-state index in [0.29, 0.717) is 28.7 Å². The molecule has 1 aliphatic rings. The summed E-state index contributed by atoms with van der Waals surface area (Å²) in [7, 11) is 0. The van der Waals surface area contributed by atoms with Crippen molar-refractivity contribution in [3.05, 3.63) is 33.8 Å². The van der Waals surface area contributed by atoms with Crippen molar-refractivity contribution in [1.29, 1.82) is 0 Å². The third-order valence-electron chi connectivity index (χ3n) is 2.68. The number of rotatable bonds is 2. The first-order chi connectivity index (χ1) is 7.63. The fourth-order valence-corrected chi connectivity index (χ4v) is 2.27. The standard InChI is InChI=1S/C11H11Cl2NO2/c12-8-2-1-3-9(13)10(8)11(16)14-4-7(5-14)6-15/h1-3,7,15H,4-6H2. The van der Waals surface area contributed by atoms with Crippen LogP contribution in [-0.4, -0.2) is 35.6 Å². The molecule has 0 bridgehead atoms. The predicted octanol–water partition coefficient (Wildman–Crippen LogP) is 2.06. The van der Waals surface area contributed by atoms with Crippen molar-refractivity contribution < 1.29 is 9.90 Å². The summed E-state index contributed by atoms with van der Waals surface area (Å²) in [6.07, 6.45) is 0. The Bertz CT molecular complexity index is 396. The molecule has 1 N–H and O–H groups in total. The fraction of sp³-hybridized carbons (Fsp3) is 0.364. The van der Waals surface area contributed by atoms with Crippen LogP contribution >= 0.6 is 23.2 Å². The molecule has 0 unspecified atom stereocenters. The largest absolute Gasteiger partial charge is 0.396 e. The van der Waals surface area contributed by atoms with Gasteiger partial charge in [-0.05, 0) is 12.1 Å². The molecule has 0 aromatic heterocycles. The summed E-state index contributed by atoms with van der Waals surface area (Å²) in [5.41, 5.74) is 0.349. The second kappa shape index (κ2) is 4.62. The van der Waals surface area contributed by atoms with Crippen LogP contribution in [0.25, 0.3) is 0 Å². The number of carbonyl (C=O) groups is 1. The molecule has 1 aromatic carbocycles. The Morgan fingerprint density at radius 1 is 1.38 bits per heavy atom. The molecular formula is C11H11Cl2NO2. The minimum absolute atomic E-state index is 0.111. The van der Waals surface area contributed by atoms with Crippen LogP contribution in [0.4, 0.5) is 0 Å². The van der Waals surface area contributed by atoms with Gasteiger partial charge in [-0.1, -0.05) is 29.3 Å². The van der Waals surface area contributed by atoms with Gasteiger partial charge in [-0.25, -0.2) is 0 Å². The third kappa shape index (κ3) is 2.03. The normalized spacial score (nSPS) is 16.1. The van der Waals surface area contributed by atoms with Crippen LogP contribution < -0.4 is 0 Å². The molecule has 2 rings (SSSR count). The predicted molar refractivity (Wildman–Crippen MR) is 62.9 cm³/mol. The Kier molecular flexibility index (Phi) is 3.38. The van der Waals surface area contributed by atoms with E-state index in [9.17, 15) is 4.79 Å². The van der Waals surface area contributed by atoms with Gasteiger partial charge < -0.3 is 10.0 Å². The zero-order chi connectivity index (χ0) is 11.7. The number of likely N-dealkylation sites (tertiary alicyclic amines) is 1. The molecular weight excluding hydrogens is 249 g/mol. The zero-order valence-corrected chi connectivity index (χ0v) is 10.0. The van der Waals surface area contributed by atoms with Crippen molar-refractivity contribution in [2.24, 2.45) is 5.92 Å². The van der Waals surface area contributed by atoms with E-state index in [0.717, 1.165) is 0 Å². The summed E-state index contributed by atoms with van der Waals surface area (Å²) in [4.78, 5) is 13.6. The van der Waals surface area contributed by atoms with Crippen molar-refractivity contribution in [3.8, 4) is 0 Å². The minimum Gasteiger partial charge on any atom is -0.396 e. The molecule has 1 heterocycles. The molecule has 1 aromatic rings. The summed E-state index contributed by atoms with van der Waals surface area (Å²) in [6.45, 7) is 1.24. The molecule has 0 radical (unpaired) electrons. The number of amides is 1. The van der Waals surface area contributed by atoms with E-state index >= 15 is 0 Å². The van der Waals surface area contributed by atoms with Crippen LogP contribution in [0.15, 0.2) is 18.2 Å². The summed E-state index contributed by atoms with van der Waals surface area (Å²) < 4.78 is 0. The molecule has 5 heteroatoms. The highest BCUT2D eigenvalue weighted by Gasteiger charge is 2.32. The lowest BCUT2D eigenvalue weighted by atomic mass is 10.00. The number of hydrogen-bond donors (Lipinski definition) is 1. The second-order valence-electron chi connectivity index (χ2n) is 3.86. The smallest absolute Gasteiger partial charge is 0.256 e. The van der Waals surface area contributed by atoms with E-state index in [1.54, 1.807) is 23.1 Å². The van der Waals surface area contributed by atoms with Crippen molar-refractivity contribution >= 4 is 29.1 Å². The summed E-state index contributed by atoms with van der Waals surface area (Å²) in [6, 6.07) is 4.99. The summed E-state index contributed by atoms with van der Waals surface area (Å²) in [5.74, 6) is 0.0190. The van der Waals surface area contributed by atoms with E-state index in [4.69, 9.17) is 28.3 Å². The number of aliphatic hydroxyl groups excluding tert-OH is 1. The third-order valence-corrected chi connectivity index (χ3v) is 3.31. The second-order valence-corrected chi connectivity index (χ2v) is 4.67. The van der Waals surface area contributed by atoms with Gasteiger partial charge in [-0.15, -0.1) is 0 Å². The van der Waals surface area contributed by atoms with E-state index in [-0.39, 0.29) is 18.4 Å². The van der Waals surface area contributed by atoms with Gasteiger partial charge in [-0.2, -0.15) is 0 Å². The number of aliphatic hydroxyl groups is 1. The van der Waals surface area contributed by atoms with Gasteiger partial charge in [0.1, 0.15) is 0 Å². The Labute approximate surface area is 104 Å². The van der Waals surface area contributed by atoms with Gasteiger partial charge in [0.2, 0.25) is 0 Å². The van der Waals surface area contributed by atoms with Gasteiger partial charge in [0.25, 0.3) is 5.91 Å². The zero-order valence-electron chi connectivity index (χ0n) is 8.49. The molecule has 16 heavy (non-hydrogen) atoms. The lowest BCUT2D eigenvalue weighted by Crippen LogP contribution is -2.51. The molecule has 1 amide bonds. The topological polar surface area (TPSA) is 40.5 Å². The molecule has 0 spiro atoms. The monoisotopic (exact) mass is 259 g/mol. The van der Waals surface area contributed by atoms with Crippen LogP contribution in [0.1, 0.15) is 10.4 Å². The number of halogens is 2. The molecule has 1 aliphatic heterocycles.